The first-order valence-electron chi connectivity index (χ1n) is 6.80. The van der Waals surface area contributed by atoms with Crippen molar-refractivity contribution in [1.82, 2.24) is 5.32 Å². The van der Waals surface area contributed by atoms with Crippen LogP contribution in [0.15, 0.2) is 18.2 Å². The van der Waals surface area contributed by atoms with E-state index >= 15 is 0 Å². The molecule has 0 amide bonds. The minimum atomic E-state index is -0.118. The normalized spacial score (nSPS) is 12.2. The summed E-state index contributed by atoms with van der Waals surface area (Å²) in [5.74, 6) is 0.564. The standard InChI is InChI=1S/C16H26FN/c1-12(2)11-18-9-8-16(4,5)14-6-7-15(17)13(3)10-14/h6-7,10,12,18H,8-9,11H2,1-5H3. The molecule has 1 rings (SSSR count). The first kappa shape index (κ1) is 15.2. The summed E-state index contributed by atoms with van der Waals surface area (Å²) in [6.07, 6.45) is 1.06. The van der Waals surface area contributed by atoms with E-state index in [4.69, 9.17) is 0 Å². The van der Waals surface area contributed by atoms with Crippen molar-refractivity contribution in [2.24, 2.45) is 5.92 Å². The van der Waals surface area contributed by atoms with Crippen LogP contribution >= 0.6 is 0 Å². The van der Waals surface area contributed by atoms with Crippen LogP contribution in [0.4, 0.5) is 4.39 Å². The van der Waals surface area contributed by atoms with Crippen LogP contribution in [0.2, 0.25) is 0 Å². The first-order chi connectivity index (χ1) is 8.33. The second kappa shape index (κ2) is 6.33. The van der Waals surface area contributed by atoms with Crippen LogP contribution in [0.25, 0.3) is 0 Å². The van der Waals surface area contributed by atoms with Crippen LogP contribution in [-0.2, 0) is 5.41 Å². The minimum absolute atomic E-state index is 0.0858. The topological polar surface area (TPSA) is 12.0 Å². The van der Waals surface area contributed by atoms with Crippen molar-refractivity contribution >= 4 is 0 Å². The lowest BCUT2D eigenvalue weighted by Crippen LogP contribution is -2.27. The van der Waals surface area contributed by atoms with Gasteiger partial charge in [0.15, 0.2) is 0 Å². The molecule has 0 heterocycles. The second-order valence-electron chi connectivity index (χ2n) is 6.20. The third-order valence-electron chi connectivity index (χ3n) is 3.42. The molecule has 1 aromatic rings. The molecular weight excluding hydrogens is 225 g/mol. The summed E-state index contributed by atoms with van der Waals surface area (Å²) in [5, 5.41) is 3.46. The van der Waals surface area contributed by atoms with Gasteiger partial charge in [0.05, 0.1) is 0 Å². The van der Waals surface area contributed by atoms with E-state index in [1.165, 1.54) is 5.56 Å². The predicted molar refractivity (Wildman–Crippen MR) is 76.5 cm³/mol. The second-order valence-corrected chi connectivity index (χ2v) is 6.20. The Kier molecular flexibility index (Phi) is 5.33. The molecule has 18 heavy (non-hydrogen) atoms. The van der Waals surface area contributed by atoms with Gasteiger partial charge in [0, 0.05) is 0 Å². The van der Waals surface area contributed by atoms with E-state index in [2.05, 4.69) is 33.0 Å². The molecule has 0 saturated heterocycles. The first-order valence-corrected chi connectivity index (χ1v) is 6.80. The maximum absolute atomic E-state index is 13.3. The third kappa shape index (κ3) is 4.41. The number of aryl methyl sites for hydroxylation is 1. The number of hydrogen-bond acceptors (Lipinski definition) is 1. The summed E-state index contributed by atoms with van der Waals surface area (Å²) < 4.78 is 13.3. The quantitative estimate of drug-likeness (QED) is 0.752. The van der Waals surface area contributed by atoms with Crippen molar-refractivity contribution < 1.29 is 4.39 Å². The fourth-order valence-electron chi connectivity index (χ4n) is 2.00. The summed E-state index contributed by atoms with van der Waals surface area (Å²) in [5.41, 5.74) is 2.03. The molecule has 0 aliphatic rings. The van der Waals surface area contributed by atoms with Gasteiger partial charge in [-0.1, -0.05) is 39.8 Å². The van der Waals surface area contributed by atoms with E-state index in [0.717, 1.165) is 25.1 Å². The zero-order valence-electron chi connectivity index (χ0n) is 12.3. The number of rotatable bonds is 6. The van der Waals surface area contributed by atoms with Crippen LogP contribution in [0, 0.1) is 18.7 Å². The minimum Gasteiger partial charge on any atom is -0.316 e. The van der Waals surface area contributed by atoms with Crippen molar-refractivity contribution in [2.75, 3.05) is 13.1 Å². The zero-order valence-corrected chi connectivity index (χ0v) is 12.3. The SMILES string of the molecule is Cc1cc(C(C)(C)CCNCC(C)C)ccc1F. The molecule has 0 bridgehead atoms. The van der Waals surface area contributed by atoms with E-state index < -0.39 is 0 Å². The fraction of sp³-hybridized carbons (Fsp3) is 0.625. The van der Waals surface area contributed by atoms with Gasteiger partial charge >= 0.3 is 0 Å². The molecule has 0 saturated carbocycles. The highest BCUT2D eigenvalue weighted by atomic mass is 19.1. The fourth-order valence-corrected chi connectivity index (χ4v) is 2.00. The summed E-state index contributed by atoms with van der Waals surface area (Å²) in [4.78, 5) is 0. The van der Waals surface area contributed by atoms with Gasteiger partial charge in [-0.3, -0.25) is 0 Å². The Labute approximate surface area is 111 Å². The Bertz CT molecular complexity index is 383. The van der Waals surface area contributed by atoms with Crippen molar-refractivity contribution in [3.8, 4) is 0 Å². The number of hydrogen-bond donors (Lipinski definition) is 1. The summed E-state index contributed by atoms with van der Waals surface area (Å²) in [6, 6.07) is 5.45. The average Bonchev–Trinajstić information content (AvgIpc) is 2.28. The summed E-state index contributed by atoms with van der Waals surface area (Å²) in [7, 11) is 0. The third-order valence-corrected chi connectivity index (χ3v) is 3.42. The smallest absolute Gasteiger partial charge is 0.126 e. The monoisotopic (exact) mass is 251 g/mol. The van der Waals surface area contributed by atoms with Crippen LogP contribution in [0.3, 0.4) is 0 Å². The Morgan fingerprint density at radius 1 is 1.28 bits per heavy atom. The molecule has 0 aliphatic carbocycles. The lowest BCUT2D eigenvalue weighted by Gasteiger charge is -2.26. The van der Waals surface area contributed by atoms with Gasteiger partial charge in [0.2, 0.25) is 0 Å². The summed E-state index contributed by atoms with van der Waals surface area (Å²) >= 11 is 0. The molecule has 0 aliphatic heterocycles. The van der Waals surface area contributed by atoms with Gasteiger partial charge in [0.1, 0.15) is 5.82 Å². The molecule has 1 aromatic carbocycles. The van der Waals surface area contributed by atoms with E-state index in [1.54, 1.807) is 6.07 Å². The van der Waals surface area contributed by atoms with Crippen LogP contribution in [-0.4, -0.2) is 13.1 Å². The molecule has 0 spiro atoms. The van der Waals surface area contributed by atoms with Crippen molar-refractivity contribution in [2.45, 2.75) is 46.5 Å². The highest BCUT2D eigenvalue weighted by molar-refractivity contribution is 5.29. The molecule has 0 aromatic heterocycles. The molecule has 0 radical (unpaired) electrons. The molecule has 1 N–H and O–H groups in total. The lowest BCUT2D eigenvalue weighted by molar-refractivity contribution is 0.441. The van der Waals surface area contributed by atoms with E-state index in [0.29, 0.717) is 5.92 Å². The van der Waals surface area contributed by atoms with E-state index in [-0.39, 0.29) is 11.2 Å². The van der Waals surface area contributed by atoms with E-state index in [9.17, 15) is 4.39 Å². The maximum atomic E-state index is 13.3. The largest absolute Gasteiger partial charge is 0.316 e. The Balaban J connectivity index is 2.59. The summed E-state index contributed by atoms with van der Waals surface area (Å²) in [6.45, 7) is 12.7. The molecule has 0 unspecified atom stereocenters. The van der Waals surface area contributed by atoms with Crippen molar-refractivity contribution in [1.29, 1.82) is 0 Å². The van der Waals surface area contributed by atoms with Gasteiger partial charge in [-0.15, -0.1) is 0 Å². The number of halogens is 1. The maximum Gasteiger partial charge on any atom is 0.126 e. The Morgan fingerprint density at radius 2 is 1.94 bits per heavy atom. The Hall–Kier alpha value is -0.890. The molecular formula is C16H26FN. The van der Waals surface area contributed by atoms with Gasteiger partial charge < -0.3 is 5.32 Å². The molecule has 1 nitrogen and oxygen atoms in total. The number of benzene rings is 1. The van der Waals surface area contributed by atoms with Gasteiger partial charge in [0.25, 0.3) is 0 Å². The van der Waals surface area contributed by atoms with Gasteiger partial charge in [-0.05, 0) is 55.0 Å². The number of nitrogens with one attached hydrogen (secondary N) is 1. The van der Waals surface area contributed by atoms with Gasteiger partial charge in [-0.25, -0.2) is 4.39 Å². The molecule has 0 atom stereocenters. The van der Waals surface area contributed by atoms with Crippen LogP contribution in [0.5, 0.6) is 0 Å². The Morgan fingerprint density at radius 3 is 2.50 bits per heavy atom. The van der Waals surface area contributed by atoms with Crippen LogP contribution < -0.4 is 5.32 Å². The predicted octanol–water partition coefficient (Wildman–Crippen LogP) is 4.05. The van der Waals surface area contributed by atoms with Crippen molar-refractivity contribution in [3.05, 3.63) is 35.1 Å². The molecule has 102 valence electrons. The van der Waals surface area contributed by atoms with Crippen molar-refractivity contribution in [3.63, 3.8) is 0 Å². The van der Waals surface area contributed by atoms with E-state index in [1.807, 2.05) is 19.1 Å². The highest BCUT2D eigenvalue weighted by Crippen LogP contribution is 2.27. The highest BCUT2D eigenvalue weighted by Gasteiger charge is 2.20. The lowest BCUT2D eigenvalue weighted by atomic mass is 9.81. The molecule has 0 fully saturated rings. The van der Waals surface area contributed by atoms with Gasteiger partial charge in [-0.2, -0.15) is 0 Å². The zero-order chi connectivity index (χ0) is 13.8. The molecule has 2 heteroatoms. The average molecular weight is 251 g/mol. The van der Waals surface area contributed by atoms with Crippen LogP contribution in [0.1, 0.15) is 45.2 Å².